The van der Waals surface area contributed by atoms with Crippen molar-refractivity contribution in [1.29, 1.82) is 0 Å². The molecule has 2 aliphatic carbocycles. The number of rotatable bonds is 9. The Kier molecular flexibility index (Phi) is 13.2. The van der Waals surface area contributed by atoms with Gasteiger partial charge in [-0.15, -0.1) is 0 Å². The van der Waals surface area contributed by atoms with Gasteiger partial charge in [0.1, 0.15) is 0 Å². The van der Waals surface area contributed by atoms with Crippen LogP contribution in [0, 0.1) is 25.2 Å². The van der Waals surface area contributed by atoms with E-state index in [2.05, 4.69) is 193 Å². The molecule has 1 unspecified atom stereocenters. The predicted octanol–water partition coefficient (Wildman–Crippen LogP) is 7.41. The first-order valence-electron chi connectivity index (χ1n) is 19.9. The van der Waals surface area contributed by atoms with Crippen molar-refractivity contribution in [3.05, 3.63) is 194 Å². The molecular formula is C53H52Cl2Zr. The van der Waals surface area contributed by atoms with Gasteiger partial charge in [-0.1, -0.05) is 0 Å². The maximum Gasteiger partial charge on any atom is -1.00 e. The van der Waals surface area contributed by atoms with Crippen LogP contribution < -0.4 is 28.1 Å². The second-order valence-corrected chi connectivity index (χ2v) is 22.2. The third kappa shape index (κ3) is 8.39. The quantitative estimate of drug-likeness (QED) is 0.142. The van der Waals surface area contributed by atoms with Crippen LogP contribution in [-0.2, 0) is 27.7 Å². The van der Waals surface area contributed by atoms with Crippen molar-refractivity contribution in [2.75, 3.05) is 0 Å². The smallest absolute Gasteiger partial charge is 1.00 e. The van der Waals surface area contributed by atoms with Crippen LogP contribution >= 0.6 is 0 Å². The molecule has 0 saturated carbocycles. The van der Waals surface area contributed by atoms with Gasteiger partial charge >= 0.3 is 334 Å². The van der Waals surface area contributed by atoms with Crippen LogP contribution in [0.15, 0.2) is 161 Å². The summed E-state index contributed by atoms with van der Waals surface area (Å²) < 4.78 is 4.99. The number of hydrogen-bond donors (Lipinski definition) is 0. The molecule has 282 valence electrons. The predicted molar refractivity (Wildman–Crippen MR) is 229 cm³/mol. The van der Waals surface area contributed by atoms with E-state index in [1.54, 1.807) is 15.3 Å². The van der Waals surface area contributed by atoms with Crippen LogP contribution in [0.2, 0.25) is 0 Å². The summed E-state index contributed by atoms with van der Waals surface area (Å²) >= 11 is -3.11. The number of halogens is 2. The largest absolute Gasteiger partial charge is 1.00 e. The monoisotopic (exact) mass is 848 g/mol. The van der Waals surface area contributed by atoms with Gasteiger partial charge in [-0.25, -0.2) is 0 Å². The van der Waals surface area contributed by atoms with E-state index < -0.39 is 21.3 Å². The standard InChI is InChI=1S/C25H17.C15H14.C13H21.2ClH.Zr/c1-3-7-18(8-4-1)20-11-13-24-22(15-20)17-23-16-21(12-14-25(23)24)19-9-5-2-6-10-19;1-12-3-7-14(8-4-12)11-15-9-5-13(2)6-10-15;1-5-6-7-11-8-9-12(10-11)13(2,3)4;;;/h1-15H,17H2;3-10H,1-2H3;9-11H,5-7H2,1-4H3;2*1H;/q;;;;;+2/p-2. The minimum atomic E-state index is -3.11. The maximum absolute atomic E-state index is 3.11. The van der Waals surface area contributed by atoms with Gasteiger partial charge in [-0.2, -0.15) is 0 Å². The van der Waals surface area contributed by atoms with Crippen LogP contribution in [-0.4, -0.2) is 3.21 Å². The normalized spacial score (nSPS) is 14.0. The van der Waals surface area contributed by atoms with Gasteiger partial charge in [0.15, 0.2) is 0 Å². The fourth-order valence-electron chi connectivity index (χ4n) is 8.56. The maximum atomic E-state index is 2.71. The van der Waals surface area contributed by atoms with Crippen LogP contribution in [0.4, 0.5) is 0 Å². The van der Waals surface area contributed by atoms with Crippen LogP contribution in [0.3, 0.4) is 0 Å². The van der Waals surface area contributed by atoms with Crippen molar-refractivity contribution in [3.63, 3.8) is 0 Å². The summed E-state index contributed by atoms with van der Waals surface area (Å²) in [6, 6.07) is 53.3. The Labute approximate surface area is 355 Å². The van der Waals surface area contributed by atoms with Crippen molar-refractivity contribution < 1.29 is 46.1 Å². The first-order valence-corrected chi connectivity index (χ1v) is 23.6. The summed E-state index contributed by atoms with van der Waals surface area (Å²) in [7, 11) is 0. The van der Waals surface area contributed by atoms with Crippen molar-refractivity contribution in [1.82, 2.24) is 0 Å². The average Bonchev–Trinajstić information content (AvgIpc) is 3.79. The summed E-state index contributed by atoms with van der Waals surface area (Å²) in [5.74, 6) is 0.451. The molecule has 3 heteroatoms. The second-order valence-electron chi connectivity index (χ2n) is 16.5. The molecule has 0 heterocycles. The Morgan fingerprint density at radius 2 is 1.18 bits per heavy atom. The van der Waals surface area contributed by atoms with Crippen molar-refractivity contribution in [2.45, 2.75) is 67.2 Å². The molecule has 0 spiro atoms. The molecule has 0 aliphatic heterocycles. The zero-order valence-corrected chi connectivity index (χ0v) is 37.6. The van der Waals surface area contributed by atoms with Gasteiger partial charge in [0.2, 0.25) is 0 Å². The van der Waals surface area contributed by atoms with E-state index in [9.17, 15) is 0 Å². The Balaban J connectivity index is 0.00000266. The third-order valence-corrected chi connectivity index (χ3v) is 19.5. The minimum Gasteiger partial charge on any atom is -1.00 e. The minimum absolute atomic E-state index is 0. The summed E-state index contributed by atoms with van der Waals surface area (Å²) in [6.07, 6.45) is 10.0. The first kappa shape index (κ1) is 41.8. The zero-order chi connectivity index (χ0) is 37.4. The van der Waals surface area contributed by atoms with Gasteiger partial charge in [0.25, 0.3) is 0 Å². The molecule has 0 fully saturated rings. The van der Waals surface area contributed by atoms with Gasteiger partial charge in [0, 0.05) is 0 Å². The number of aryl methyl sites for hydroxylation is 2. The third-order valence-electron chi connectivity index (χ3n) is 11.6. The van der Waals surface area contributed by atoms with E-state index in [1.807, 2.05) is 0 Å². The summed E-state index contributed by atoms with van der Waals surface area (Å²) in [5, 5.41) is 0. The fraction of sp³-hybridized carbons (Fsp3) is 0.226. The van der Waals surface area contributed by atoms with Gasteiger partial charge < -0.3 is 24.8 Å². The average molecular weight is 851 g/mol. The molecule has 0 aromatic heterocycles. The molecule has 0 radical (unpaired) electrons. The van der Waals surface area contributed by atoms with E-state index in [4.69, 9.17) is 0 Å². The molecule has 0 amide bonds. The number of hydrogen-bond acceptors (Lipinski definition) is 0. The fourth-order valence-corrected chi connectivity index (χ4v) is 17.5. The van der Waals surface area contributed by atoms with Crippen LogP contribution in [0.25, 0.3) is 33.4 Å². The van der Waals surface area contributed by atoms with Crippen LogP contribution in [0.5, 0.6) is 0 Å². The molecular weight excluding hydrogens is 799 g/mol. The van der Waals surface area contributed by atoms with Gasteiger partial charge in [0.05, 0.1) is 0 Å². The van der Waals surface area contributed by atoms with E-state index >= 15 is 0 Å². The summed E-state index contributed by atoms with van der Waals surface area (Å²) in [6.45, 7) is 14.0. The van der Waals surface area contributed by atoms with Gasteiger partial charge in [-0.3, -0.25) is 0 Å². The molecule has 2 aliphatic rings. The van der Waals surface area contributed by atoms with Crippen LogP contribution in [0.1, 0.15) is 80.3 Å². The molecule has 1 atom stereocenters. The number of allylic oxidation sites excluding steroid dienone is 4. The van der Waals surface area contributed by atoms with E-state index in [0.29, 0.717) is 5.92 Å². The zero-order valence-electron chi connectivity index (χ0n) is 33.6. The van der Waals surface area contributed by atoms with E-state index in [0.717, 1.165) is 6.42 Å². The van der Waals surface area contributed by atoms with Gasteiger partial charge in [-0.05, 0) is 0 Å². The number of fused-ring (bicyclic) bond motifs is 3. The molecule has 8 rings (SSSR count). The summed E-state index contributed by atoms with van der Waals surface area (Å²) in [5.41, 5.74) is 18.1. The Morgan fingerprint density at radius 3 is 1.75 bits per heavy atom. The Hall–Kier alpha value is -3.87. The topological polar surface area (TPSA) is 0 Å². The molecule has 0 saturated heterocycles. The van der Waals surface area contributed by atoms with E-state index in [-0.39, 0.29) is 30.2 Å². The van der Waals surface area contributed by atoms with Crippen molar-refractivity contribution in [2.24, 2.45) is 11.3 Å². The summed E-state index contributed by atoms with van der Waals surface area (Å²) in [4.78, 5) is 0. The molecule has 0 N–H and O–H groups in total. The second kappa shape index (κ2) is 17.7. The molecule has 0 nitrogen and oxygen atoms in total. The van der Waals surface area contributed by atoms with Crippen molar-refractivity contribution >= 4 is 6.48 Å². The number of benzene rings is 6. The molecule has 6 aromatic carbocycles. The first-order chi connectivity index (χ1) is 26.2. The Bertz CT molecular complexity index is 2360. The van der Waals surface area contributed by atoms with Crippen molar-refractivity contribution in [3.8, 4) is 33.4 Å². The molecule has 56 heavy (non-hydrogen) atoms. The SMILES string of the molecule is CCCCC1C=C(C(C)(C)C)C=[C]1[Zr+2](=[C](c1ccc(C)cc1)c1ccc(C)cc1)[c]1c(-c2ccccc2)ccc2c1Cc1cc(-c3ccccc3)ccc1-2.[Cl-].[Cl-]. The number of unbranched alkanes of at least 4 members (excludes halogenated alkanes) is 1. The Morgan fingerprint density at radius 1 is 0.625 bits per heavy atom. The van der Waals surface area contributed by atoms with E-state index in [1.165, 1.54) is 86.0 Å². The molecule has 6 aromatic rings. The molecule has 0 bridgehead atoms.